The molecule has 17 heavy (non-hydrogen) atoms. The highest BCUT2D eigenvalue weighted by Gasteiger charge is 2.17. The van der Waals surface area contributed by atoms with Gasteiger partial charge in [0.15, 0.2) is 0 Å². The monoisotopic (exact) mass is 308 g/mol. The molecule has 0 saturated heterocycles. The number of nitrogens with zero attached hydrogens (tertiary/aromatic N) is 1. The highest BCUT2D eigenvalue weighted by atomic mass is 35.5. The predicted molar refractivity (Wildman–Crippen MR) is 69.4 cm³/mol. The lowest BCUT2D eigenvalue weighted by Crippen LogP contribution is -2.12. The Kier molecular flexibility index (Phi) is 3.58. The molecule has 2 aromatic heterocycles. The first-order valence-electron chi connectivity index (χ1n) is 4.36. The fourth-order valence-electron chi connectivity index (χ4n) is 1.10. The Hall–Kier alpha value is -0.820. The number of rotatable bonds is 3. The van der Waals surface area contributed by atoms with Gasteiger partial charge in [-0.2, -0.15) is 0 Å². The minimum absolute atomic E-state index is 0.127. The molecule has 0 bridgehead atoms. The Morgan fingerprint density at radius 1 is 1.29 bits per heavy atom. The molecular weight excluding hydrogens is 303 g/mol. The van der Waals surface area contributed by atoms with Crippen LogP contribution in [0.4, 0.5) is 5.69 Å². The summed E-state index contributed by atoms with van der Waals surface area (Å²) in [6.07, 6.45) is 2.65. The van der Waals surface area contributed by atoms with Crippen molar-refractivity contribution in [1.29, 1.82) is 0 Å². The van der Waals surface area contributed by atoms with Gasteiger partial charge in [0.1, 0.15) is 4.21 Å². The number of hydrogen-bond acceptors (Lipinski definition) is 4. The lowest BCUT2D eigenvalue weighted by atomic mass is 10.4. The Morgan fingerprint density at radius 3 is 2.71 bits per heavy atom. The summed E-state index contributed by atoms with van der Waals surface area (Å²) in [5.74, 6) is 0. The molecule has 90 valence electrons. The van der Waals surface area contributed by atoms with E-state index < -0.39 is 10.0 Å². The van der Waals surface area contributed by atoms with E-state index in [0.717, 1.165) is 11.3 Å². The van der Waals surface area contributed by atoms with Gasteiger partial charge in [-0.15, -0.1) is 11.3 Å². The lowest BCUT2D eigenvalue weighted by molar-refractivity contribution is 0.603. The average molecular weight is 309 g/mol. The number of aromatic nitrogens is 1. The number of anilines is 1. The SMILES string of the molecule is O=S(=O)(Nc1cncc(Cl)c1Cl)c1cccs1. The van der Waals surface area contributed by atoms with E-state index in [1.165, 1.54) is 18.5 Å². The Balaban J connectivity index is 2.37. The molecule has 1 N–H and O–H groups in total. The molecule has 0 aliphatic heterocycles. The van der Waals surface area contributed by atoms with Crippen LogP contribution in [-0.2, 0) is 10.0 Å². The van der Waals surface area contributed by atoms with Crippen LogP contribution in [-0.4, -0.2) is 13.4 Å². The maximum Gasteiger partial charge on any atom is 0.271 e. The topological polar surface area (TPSA) is 59.1 Å². The molecule has 0 unspecified atom stereocenters. The van der Waals surface area contributed by atoms with Crippen LogP contribution in [0.15, 0.2) is 34.1 Å². The standard InChI is InChI=1S/C9H6Cl2N2O2S2/c10-6-4-12-5-7(9(6)11)13-17(14,15)8-2-1-3-16-8/h1-5,13H. The van der Waals surface area contributed by atoms with Crippen molar-refractivity contribution in [3.63, 3.8) is 0 Å². The third-order valence-electron chi connectivity index (χ3n) is 1.84. The van der Waals surface area contributed by atoms with E-state index in [1.807, 2.05) is 0 Å². The van der Waals surface area contributed by atoms with Crippen molar-refractivity contribution in [3.05, 3.63) is 40.0 Å². The number of halogens is 2. The van der Waals surface area contributed by atoms with Gasteiger partial charge in [0, 0.05) is 6.20 Å². The first-order valence-corrected chi connectivity index (χ1v) is 7.48. The second kappa shape index (κ2) is 4.81. The minimum atomic E-state index is -3.62. The molecule has 0 aromatic carbocycles. The first kappa shape index (κ1) is 12.6. The molecule has 2 rings (SSSR count). The molecule has 0 spiro atoms. The van der Waals surface area contributed by atoms with Gasteiger partial charge in [-0.05, 0) is 11.4 Å². The summed E-state index contributed by atoms with van der Waals surface area (Å²) in [4.78, 5) is 3.77. The first-order chi connectivity index (χ1) is 8.00. The predicted octanol–water partition coefficient (Wildman–Crippen LogP) is 3.25. The minimum Gasteiger partial charge on any atom is -0.276 e. The smallest absolute Gasteiger partial charge is 0.271 e. The maximum absolute atomic E-state index is 11.9. The third-order valence-corrected chi connectivity index (χ3v) is 5.40. The van der Waals surface area contributed by atoms with Crippen LogP contribution in [0.1, 0.15) is 0 Å². The number of hydrogen-bond donors (Lipinski definition) is 1. The van der Waals surface area contributed by atoms with Crippen molar-refractivity contribution < 1.29 is 8.42 Å². The zero-order valence-corrected chi connectivity index (χ0v) is 11.4. The summed E-state index contributed by atoms with van der Waals surface area (Å²) in [6, 6.07) is 3.15. The Labute approximate surface area is 112 Å². The summed E-state index contributed by atoms with van der Waals surface area (Å²) in [5.41, 5.74) is 0.160. The molecule has 0 aliphatic rings. The fraction of sp³-hybridized carbons (Fsp3) is 0. The van der Waals surface area contributed by atoms with Crippen LogP contribution in [0.25, 0.3) is 0 Å². The van der Waals surface area contributed by atoms with E-state index in [9.17, 15) is 8.42 Å². The van der Waals surface area contributed by atoms with Gasteiger partial charge in [0.2, 0.25) is 0 Å². The van der Waals surface area contributed by atoms with Crippen molar-refractivity contribution >= 4 is 50.2 Å². The summed E-state index contributed by atoms with van der Waals surface area (Å²) in [7, 11) is -3.62. The number of thiophene rings is 1. The number of pyridine rings is 1. The Bertz CT molecular complexity index is 626. The number of nitrogens with one attached hydrogen (secondary N) is 1. The highest BCUT2D eigenvalue weighted by Crippen LogP contribution is 2.30. The zero-order valence-electron chi connectivity index (χ0n) is 8.22. The number of sulfonamides is 1. The normalized spacial score (nSPS) is 11.4. The molecule has 0 aliphatic carbocycles. The van der Waals surface area contributed by atoms with E-state index >= 15 is 0 Å². The summed E-state index contributed by atoms with van der Waals surface area (Å²) >= 11 is 12.7. The quantitative estimate of drug-likeness (QED) is 0.947. The highest BCUT2D eigenvalue weighted by molar-refractivity contribution is 7.94. The molecule has 0 atom stereocenters. The van der Waals surface area contributed by atoms with E-state index in [-0.39, 0.29) is 19.9 Å². The van der Waals surface area contributed by atoms with Gasteiger partial charge in [-0.3, -0.25) is 9.71 Å². The van der Waals surface area contributed by atoms with Crippen molar-refractivity contribution in [2.75, 3.05) is 4.72 Å². The van der Waals surface area contributed by atoms with Gasteiger partial charge in [0.05, 0.1) is 21.9 Å². The van der Waals surface area contributed by atoms with E-state index in [1.54, 1.807) is 11.4 Å². The fourth-order valence-corrected chi connectivity index (χ4v) is 3.51. The third kappa shape index (κ3) is 2.71. The van der Waals surface area contributed by atoms with Crippen LogP contribution >= 0.6 is 34.5 Å². The summed E-state index contributed by atoms with van der Waals surface area (Å²) < 4.78 is 26.3. The van der Waals surface area contributed by atoms with E-state index in [4.69, 9.17) is 23.2 Å². The average Bonchev–Trinajstić information content (AvgIpc) is 2.78. The second-order valence-corrected chi connectivity index (χ2v) is 6.66. The summed E-state index contributed by atoms with van der Waals surface area (Å²) in [6.45, 7) is 0. The Morgan fingerprint density at radius 2 is 2.06 bits per heavy atom. The van der Waals surface area contributed by atoms with Crippen LogP contribution in [0.3, 0.4) is 0 Å². The zero-order chi connectivity index (χ0) is 12.5. The van der Waals surface area contributed by atoms with Crippen molar-refractivity contribution in [2.24, 2.45) is 0 Å². The van der Waals surface area contributed by atoms with Crippen molar-refractivity contribution in [3.8, 4) is 0 Å². The van der Waals surface area contributed by atoms with Crippen LogP contribution in [0.5, 0.6) is 0 Å². The molecule has 0 amide bonds. The van der Waals surface area contributed by atoms with Crippen molar-refractivity contribution in [2.45, 2.75) is 4.21 Å². The van der Waals surface area contributed by atoms with Crippen LogP contribution in [0.2, 0.25) is 10.0 Å². The van der Waals surface area contributed by atoms with Gasteiger partial charge < -0.3 is 0 Å². The lowest BCUT2D eigenvalue weighted by Gasteiger charge is -2.07. The van der Waals surface area contributed by atoms with Gasteiger partial charge in [-0.25, -0.2) is 8.42 Å². The van der Waals surface area contributed by atoms with Gasteiger partial charge >= 0.3 is 0 Å². The van der Waals surface area contributed by atoms with Crippen LogP contribution < -0.4 is 4.72 Å². The molecule has 0 fully saturated rings. The molecule has 0 saturated carbocycles. The van der Waals surface area contributed by atoms with E-state index in [2.05, 4.69) is 9.71 Å². The molecule has 8 heteroatoms. The molecule has 0 radical (unpaired) electrons. The molecule has 2 heterocycles. The second-order valence-electron chi connectivity index (χ2n) is 3.02. The van der Waals surface area contributed by atoms with E-state index in [0.29, 0.717) is 0 Å². The van der Waals surface area contributed by atoms with Gasteiger partial charge in [0.25, 0.3) is 10.0 Å². The van der Waals surface area contributed by atoms with Crippen LogP contribution in [0, 0.1) is 0 Å². The van der Waals surface area contributed by atoms with Crippen molar-refractivity contribution in [1.82, 2.24) is 4.98 Å². The molecular formula is C9H6Cl2N2O2S2. The summed E-state index contributed by atoms with van der Waals surface area (Å²) in [5, 5.41) is 1.99. The maximum atomic E-state index is 11.9. The molecule has 4 nitrogen and oxygen atoms in total. The largest absolute Gasteiger partial charge is 0.276 e. The van der Waals surface area contributed by atoms with Gasteiger partial charge in [-0.1, -0.05) is 29.3 Å². The molecule has 2 aromatic rings.